The highest BCUT2D eigenvalue weighted by Gasteiger charge is 2.41. The molecule has 1 aromatic heterocycles. The largest absolute Gasteiger partial charge is 0.497 e. The van der Waals surface area contributed by atoms with Gasteiger partial charge in [0.1, 0.15) is 11.4 Å². The van der Waals surface area contributed by atoms with Gasteiger partial charge in [-0.3, -0.25) is 9.89 Å². The minimum Gasteiger partial charge on any atom is -0.497 e. The molecule has 35 heavy (non-hydrogen) atoms. The number of hydrogen-bond donors (Lipinski definition) is 1. The Morgan fingerprint density at radius 2 is 1.69 bits per heavy atom. The minimum absolute atomic E-state index is 0.0286. The Bertz CT molecular complexity index is 1330. The molecule has 0 bridgehead atoms. The number of nitrogens with zero attached hydrogens (tertiary/aromatic N) is 2. The number of amides is 1. The number of aromatic amines is 1. The number of nitrogens with one attached hydrogen (secondary N) is 1. The molecule has 1 unspecified atom stereocenters. The van der Waals surface area contributed by atoms with Crippen molar-refractivity contribution < 1.29 is 9.53 Å². The summed E-state index contributed by atoms with van der Waals surface area (Å²) in [6.45, 7) is 4.95. The maximum absolute atomic E-state index is 13.6. The number of carbonyl (C=O) groups excluding carboxylic acids is 1. The van der Waals surface area contributed by atoms with Crippen LogP contribution in [0, 0.1) is 0 Å². The Labute approximate surface area is 210 Å². The summed E-state index contributed by atoms with van der Waals surface area (Å²) in [5.74, 6) is 1.23. The molecule has 0 saturated heterocycles. The zero-order chi connectivity index (χ0) is 24.5. The topological polar surface area (TPSA) is 58.2 Å². The molecule has 1 atom stereocenters. The van der Waals surface area contributed by atoms with Gasteiger partial charge < -0.3 is 9.64 Å². The van der Waals surface area contributed by atoms with Crippen LogP contribution in [-0.4, -0.2) is 34.7 Å². The van der Waals surface area contributed by atoms with Crippen molar-refractivity contribution in [3.05, 3.63) is 106 Å². The third kappa shape index (κ3) is 4.44. The normalized spacial score (nSPS) is 15.1. The van der Waals surface area contributed by atoms with E-state index in [1.54, 1.807) is 7.11 Å². The molecular formula is C29H28ClN3O2. The van der Waals surface area contributed by atoms with E-state index in [4.69, 9.17) is 16.3 Å². The number of ether oxygens (including phenoxy) is 1. The van der Waals surface area contributed by atoms with Crippen LogP contribution in [0.4, 0.5) is 0 Å². The van der Waals surface area contributed by atoms with E-state index in [9.17, 15) is 4.79 Å². The summed E-state index contributed by atoms with van der Waals surface area (Å²) >= 11 is 6.12. The first kappa shape index (κ1) is 23.2. The molecular weight excluding hydrogens is 458 g/mol. The second-order valence-corrected chi connectivity index (χ2v) is 9.62. The van der Waals surface area contributed by atoms with Crippen molar-refractivity contribution in [2.75, 3.05) is 13.7 Å². The first-order valence-corrected chi connectivity index (χ1v) is 12.2. The van der Waals surface area contributed by atoms with Crippen LogP contribution in [0.15, 0.2) is 72.8 Å². The average Bonchev–Trinajstić information content (AvgIpc) is 3.42. The van der Waals surface area contributed by atoms with Crippen molar-refractivity contribution in [2.45, 2.75) is 32.2 Å². The Morgan fingerprint density at radius 1 is 1.00 bits per heavy atom. The summed E-state index contributed by atoms with van der Waals surface area (Å²) in [5, 5.41) is 8.25. The van der Waals surface area contributed by atoms with Crippen LogP contribution in [0.5, 0.6) is 5.75 Å². The highest BCUT2D eigenvalue weighted by Crippen LogP contribution is 2.43. The number of hydrogen-bond acceptors (Lipinski definition) is 3. The molecule has 3 aromatic carbocycles. The van der Waals surface area contributed by atoms with E-state index in [0.29, 0.717) is 23.2 Å². The number of benzene rings is 3. The smallest absolute Gasteiger partial charge is 0.273 e. The molecule has 178 valence electrons. The molecule has 1 N–H and O–H groups in total. The first-order chi connectivity index (χ1) is 17.0. The van der Waals surface area contributed by atoms with Crippen LogP contribution in [0.3, 0.4) is 0 Å². The second kappa shape index (κ2) is 9.59. The number of methoxy groups -OCH3 is 1. The van der Waals surface area contributed by atoms with Crippen LogP contribution < -0.4 is 4.74 Å². The van der Waals surface area contributed by atoms with Crippen LogP contribution in [-0.2, 0) is 6.42 Å². The van der Waals surface area contributed by atoms with Crippen molar-refractivity contribution in [1.82, 2.24) is 15.1 Å². The Kier molecular flexibility index (Phi) is 6.35. The van der Waals surface area contributed by atoms with Gasteiger partial charge in [0.05, 0.1) is 18.8 Å². The molecule has 1 amide bonds. The van der Waals surface area contributed by atoms with Crippen molar-refractivity contribution in [2.24, 2.45) is 0 Å². The number of halogens is 1. The van der Waals surface area contributed by atoms with E-state index < -0.39 is 0 Å². The van der Waals surface area contributed by atoms with Gasteiger partial charge in [0.15, 0.2) is 0 Å². The van der Waals surface area contributed by atoms with Crippen LogP contribution >= 0.6 is 11.6 Å². The fourth-order valence-corrected chi connectivity index (χ4v) is 4.83. The van der Waals surface area contributed by atoms with Gasteiger partial charge in [-0.2, -0.15) is 5.10 Å². The Balaban J connectivity index is 1.53. The Morgan fingerprint density at radius 3 is 2.31 bits per heavy atom. The molecule has 4 aromatic rings. The number of rotatable bonds is 7. The fraction of sp³-hybridized carbons (Fsp3) is 0.241. The summed E-state index contributed by atoms with van der Waals surface area (Å²) in [6, 6.07) is 24.0. The number of H-pyrrole nitrogens is 1. The maximum Gasteiger partial charge on any atom is 0.273 e. The highest BCUT2D eigenvalue weighted by atomic mass is 35.5. The monoisotopic (exact) mass is 485 g/mol. The van der Waals surface area contributed by atoms with Crippen LogP contribution in [0.1, 0.15) is 58.5 Å². The molecule has 0 spiro atoms. The van der Waals surface area contributed by atoms with Crippen molar-refractivity contribution in [1.29, 1.82) is 0 Å². The predicted molar refractivity (Wildman–Crippen MR) is 139 cm³/mol. The lowest BCUT2D eigenvalue weighted by atomic mass is 9.93. The molecule has 5 rings (SSSR count). The Hall–Kier alpha value is -3.57. The van der Waals surface area contributed by atoms with Gasteiger partial charge in [-0.1, -0.05) is 74.0 Å². The number of fused-ring (bicyclic) bond motifs is 1. The summed E-state index contributed by atoms with van der Waals surface area (Å²) in [5.41, 5.74) is 6.70. The molecule has 0 radical (unpaired) electrons. The van der Waals surface area contributed by atoms with E-state index in [-0.39, 0.29) is 11.9 Å². The van der Waals surface area contributed by atoms with Gasteiger partial charge in [0.25, 0.3) is 5.91 Å². The molecule has 2 heterocycles. The van der Waals surface area contributed by atoms with E-state index in [1.807, 2.05) is 53.4 Å². The number of aromatic nitrogens is 2. The van der Waals surface area contributed by atoms with Crippen LogP contribution in [0.2, 0.25) is 5.02 Å². The van der Waals surface area contributed by atoms with Crippen molar-refractivity contribution >= 4 is 17.5 Å². The predicted octanol–water partition coefficient (Wildman–Crippen LogP) is 6.65. The van der Waals surface area contributed by atoms with Gasteiger partial charge >= 0.3 is 0 Å². The highest BCUT2D eigenvalue weighted by molar-refractivity contribution is 6.30. The van der Waals surface area contributed by atoms with Crippen LogP contribution in [0.25, 0.3) is 11.3 Å². The quantitative estimate of drug-likeness (QED) is 0.319. The lowest BCUT2D eigenvalue weighted by molar-refractivity contribution is 0.0746. The molecule has 0 saturated carbocycles. The van der Waals surface area contributed by atoms with Crippen molar-refractivity contribution in [3.8, 4) is 17.0 Å². The summed E-state index contributed by atoms with van der Waals surface area (Å²) in [6.07, 6.45) is 0.740. The maximum atomic E-state index is 13.6. The molecule has 6 heteroatoms. The van der Waals surface area contributed by atoms with E-state index in [0.717, 1.165) is 40.1 Å². The first-order valence-electron chi connectivity index (χ1n) is 11.8. The molecule has 5 nitrogen and oxygen atoms in total. The zero-order valence-electron chi connectivity index (χ0n) is 20.1. The third-order valence-corrected chi connectivity index (χ3v) is 6.95. The van der Waals surface area contributed by atoms with E-state index in [2.05, 4.69) is 48.3 Å². The van der Waals surface area contributed by atoms with E-state index >= 15 is 0 Å². The van der Waals surface area contributed by atoms with Crippen molar-refractivity contribution in [3.63, 3.8) is 0 Å². The fourth-order valence-electron chi connectivity index (χ4n) is 4.71. The molecule has 1 aliphatic heterocycles. The molecule has 0 aliphatic carbocycles. The van der Waals surface area contributed by atoms with Gasteiger partial charge in [0, 0.05) is 22.7 Å². The zero-order valence-corrected chi connectivity index (χ0v) is 20.8. The van der Waals surface area contributed by atoms with Gasteiger partial charge in [0.2, 0.25) is 0 Å². The standard InChI is InChI=1S/C29H28ClN3O2/c1-18(2)20-6-8-22(9-7-20)28-25-26(21-10-12-23(30)13-11-21)31-32-27(25)29(34)33(28)17-16-19-4-14-24(35-3)15-5-19/h4-15,18,28H,16-17H2,1-3H3,(H,31,32). The molecule has 0 fully saturated rings. The lowest BCUT2D eigenvalue weighted by Gasteiger charge is -2.27. The van der Waals surface area contributed by atoms with E-state index in [1.165, 1.54) is 5.56 Å². The summed E-state index contributed by atoms with van der Waals surface area (Å²) in [7, 11) is 1.66. The summed E-state index contributed by atoms with van der Waals surface area (Å²) in [4.78, 5) is 15.5. The number of carbonyl (C=O) groups is 1. The lowest BCUT2D eigenvalue weighted by Crippen LogP contribution is -2.31. The van der Waals surface area contributed by atoms with Gasteiger partial charge in [-0.25, -0.2) is 0 Å². The summed E-state index contributed by atoms with van der Waals surface area (Å²) < 4.78 is 5.28. The molecule has 1 aliphatic rings. The average molecular weight is 486 g/mol. The third-order valence-electron chi connectivity index (χ3n) is 6.70. The van der Waals surface area contributed by atoms with Gasteiger partial charge in [-0.05, 0) is 53.3 Å². The van der Waals surface area contributed by atoms with Gasteiger partial charge in [-0.15, -0.1) is 0 Å². The SMILES string of the molecule is COc1ccc(CCN2C(=O)c3[nH]nc(-c4ccc(Cl)cc4)c3C2c2ccc(C(C)C)cc2)cc1. The second-order valence-electron chi connectivity index (χ2n) is 9.19. The minimum atomic E-state index is -0.221.